The molecule has 13 nitrogen and oxygen atoms in total. The van der Waals surface area contributed by atoms with Gasteiger partial charge in [0, 0.05) is 17.6 Å². The minimum atomic E-state index is -2.63. The van der Waals surface area contributed by atoms with E-state index in [1.54, 1.807) is 26.9 Å². The maximum Gasteiger partial charge on any atom is 0.259 e. The van der Waals surface area contributed by atoms with E-state index >= 15 is 0 Å². The van der Waals surface area contributed by atoms with E-state index in [1.807, 2.05) is 89.5 Å². The van der Waals surface area contributed by atoms with Gasteiger partial charge in [0.1, 0.15) is 52.9 Å². The number of ether oxygens (including phenoxy) is 4. The summed E-state index contributed by atoms with van der Waals surface area (Å²) in [7, 11) is -1.10. The van der Waals surface area contributed by atoms with Crippen LogP contribution in [0.3, 0.4) is 0 Å². The minimum absolute atomic E-state index is 0.0356. The Bertz CT molecular complexity index is 2840. The van der Waals surface area contributed by atoms with Crippen LogP contribution < -0.4 is 9.47 Å². The Labute approximate surface area is 421 Å². The van der Waals surface area contributed by atoms with Gasteiger partial charge in [-0.2, -0.15) is 5.26 Å². The largest absolute Gasteiger partial charge is 0.497 e. The Morgan fingerprint density at radius 2 is 1.37 bits per heavy atom. The number of benzene rings is 5. The first-order valence-corrected chi connectivity index (χ1v) is 28.4. The number of hydrogen-bond donors (Lipinski definition) is 0. The van der Waals surface area contributed by atoms with Gasteiger partial charge >= 0.3 is 0 Å². The molecule has 0 radical (unpaired) electrons. The molecule has 7 aromatic rings. The third kappa shape index (κ3) is 10.7. The van der Waals surface area contributed by atoms with E-state index in [0.29, 0.717) is 16.9 Å². The standard InChI is InChI=1S/C56H67N6O7PSi/c1-38(2)62(39(3)4)70(66-34-18-33-57)68-51-48(35-65-56(41-21-13-12-14-22-41,42-25-29-44(63-8)30-26-42)43-27-31-45(64-9)32-28-43)67-54(52(51)69-71(10,11)55(5,6)7)61-37-60-50-49(58-36-59-53(50)61)47-24-17-20-40-19-15-16-23-46(40)47/h12-17,19-32,36-39,48,51-52,54H,18,34-35H2,1-11H3/t48-,51-,52-,54-,70?/m1/s1. The first-order valence-electron chi connectivity index (χ1n) is 24.3. The van der Waals surface area contributed by atoms with Crippen LogP contribution in [-0.4, -0.2) is 90.3 Å². The second-order valence-corrected chi connectivity index (χ2v) is 26.1. The van der Waals surface area contributed by atoms with Crippen LogP contribution in [0.4, 0.5) is 0 Å². The first-order chi connectivity index (χ1) is 34.1. The highest BCUT2D eigenvalue weighted by Crippen LogP contribution is 2.53. The molecule has 3 heterocycles. The highest BCUT2D eigenvalue weighted by atomic mass is 31.2. The normalized spacial score (nSPS) is 18.2. The fraction of sp³-hybridized carbons (Fsp3) is 0.393. The molecule has 1 fully saturated rings. The molecule has 1 saturated heterocycles. The molecule has 5 atom stereocenters. The number of nitriles is 1. The highest BCUT2D eigenvalue weighted by Gasteiger charge is 2.54. The van der Waals surface area contributed by atoms with Gasteiger partial charge in [-0.05, 0) is 97.6 Å². The summed E-state index contributed by atoms with van der Waals surface area (Å²) in [5.41, 5.74) is 4.37. The van der Waals surface area contributed by atoms with Gasteiger partial charge in [-0.25, -0.2) is 19.6 Å². The lowest BCUT2D eigenvalue weighted by Crippen LogP contribution is -2.50. The number of methoxy groups -OCH3 is 2. The second kappa shape index (κ2) is 22.0. The summed E-state index contributed by atoms with van der Waals surface area (Å²) < 4.78 is 52.4. The van der Waals surface area contributed by atoms with Gasteiger partial charge < -0.3 is 32.4 Å². The van der Waals surface area contributed by atoms with Crippen LogP contribution in [0.1, 0.15) is 77.8 Å². The van der Waals surface area contributed by atoms with Crippen LogP contribution in [0.5, 0.6) is 11.5 Å². The molecule has 15 heteroatoms. The number of rotatable bonds is 20. The lowest BCUT2D eigenvalue weighted by molar-refractivity contribution is -0.0926. The maximum atomic E-state index is 9.70. The van der Waals surface area contributed by atoms with Crippen molar-refractivity contribution >= 4 is 38.8 Å². The van der Waals surface area contributed by atoms with E-state index in [1.165, 1.54) is 0 Å². The number of nitrogens with zero attached hydrogens (tertiary/aromatic N) is 6. The van der Waals surface area contributed by atoms with Gasteiger partial charge in [0.05, 0.1) is 46.3 Å². The summed E-state index contributed by atoms with van der Waals surface area (Å²) in [5, 5.41) is 11.7. The molecule has 0 spiro atoms. The van der Waals surface area contributed by atoms with Gasteiger partial charge in [-0.3, -0.25) is 4.57 Å². The van der Waals surface area contributed by atoms with Gasteiger partial charge in [0.15, 0.2) is 20.2 Å². The van der Waals surface area contributed by atoms with Crippen molar-refractivity contribution in [2.45, 2.75) is 115 Å². The van der Waals surface area contributed by atoms with Crippen molar-refractivity contribution in [1.82, 2.24) is 24.2 Å². The van der Waals surface area contributed by atoms with E-state index in [9.17, 15) is 5.26 Å². The fourth-order valence-electron chi connectivity index (χ4n) is 9.18. The average molecular weight is 995 g/mol. The molecule has 71 heavy (non-hydrogen) atoms. The SMILES string of the molecule is COc1ccc(C(OC[C@H]2O[C@@H](n3cnc4c(-c5cccc6ccccc56)ncnc43)[C@H](O[Si](C)(C)C(C)(C)C)[C@@H]2OP(OCCC#N)N(C(C)C)C(C)C)(c2ccccc2)c2ccc(OC)cc2)cc1. The number of hydrogen-bond acceptors (Lipinski definition) is 12. The van der Waals surface area contributed by atoms with Gasteiger partial charge in [-0.1, -0.05) is 118 Å². The molecule has 5 aromatic carbocycles. The number of aromatic nitrogens is 4. The van der Waals surface area contributed by atoms with Crippen molar-refractivity contribution in [3.8, 4) is 28.8 Å². The van der Waals surface area contributed by atoms with Crippen molar-refractivity contribution < 1.29 is 32.4 Å². The molecule has 0 bridgehead atoms. The van der Waals surface area contributed by atoms with Crippen molar-refractivity contribution in [3.63, 3.8) is 0 Å². The van der Waals surface area contributed by atoms with Crippen LogP contribution in [0.25, 0.3) is 33.2 Å². The van der Waals surface area contributed by atoms with Gasteiger partial charge in [0.25, 0.3) is 8.53 Å². The maximum absolute atomic E-state index is 9.70. The smallest absolute Gasteiger partial charge is 0.259 e. The lowest BCUT2D eigenvalue weighted by Gasteiger charge is -2.42. The molecule has 0 saturated carbocycles. The molecule has 372 valence electrons. The van der Waals surface area contributed by atoms with Crippen LogP contribution in [-0.2, 0) is 28.5 Å². The predicted molar refractivity (Wildman–Crippen MR) is 283 cm³/mol. The monoisotopic (exact) mass is 994 g/mol. The molecule has 0 aliphatic carbocycles. The fourth-order valence-corrected chi connectivity index (χ4v) is 12.2. The number of fused-ring (bicyclic) bond motifs is 2. The molecular formula is C56H67N6O7PSi. The Morgan fingerprint density at radius 1 is 0.761 bits per heavy atom. The van der Waals surface area contributed by atoms with E-state index in [0.717, 1.165) is 44.5 Å². The predicted octanol–water partition coefficient (Wildman–Crippen LogP) is 12.6. The molecule has 1 aliphatic rings. The summed E-state index contributed by atoms with van der Waals surface area (Å²) in [6.45, 7) is 19.9. The van der Waals surface area contributed by atoms with Crippen LogP contribution in [0, 0.1) is 11.3 Å². The van der Waals surface area contributed by atoms with Crippen molar-refractivity contribution in [2.24, 2.45) is 0 Å². The zero-order valence-corrected chi connectivity index (χ0v) is 44.7. The van der Waals surface area contributed by atoms with E-state index in [2.05, 4.69) is 109 Å². The van der Waals surface area contributed by atoms with Crippen LogP contribution >= 0.6 is 8.53 Å². The van der Waals surface area contributed by atoms with Gasteiger partial charge in [0.2, 0.25) is 0 Å². The van der Waals surface area contributed by atoms with Gasteiger partial charge in [-0.15, -0.1) is 0 Å². The summed E-state index contributed by atoms with van der Waals surface area (Å²) >= 11 is 0. The van der Waals surface area contributed by atoms with Crippen LogP contribution in [0.2, 0.25) is 18.1 Å². The Balaban J connectivity index is 1.32. The third-order valence-corrected chi connectivity index (χ3v) is 20.3. The van der Waals surface area contributed by atoms with Crippen molar-refractivity contribution in [1.29, 1.82) is 5.26 Å². The quantitative estimate of drug-likeness (QED) is 0.0311. The Morgan fingerprint density at radius 3 is 1.97 bits per heavy atom. The summed E-state index contributed by atoms with van der Waals surface area (Å²) in [5.74, 6) is 1.44. The summed E-state index contributed by atoms with van der Waals surface area (Å²) in [6.07, 6.45) is 0.556. The molecule has 1 unspecified atom stereocenters. The van der Waals surface area contributed by atoms with Crippen molar-refractivity contribution in [3.05, 3.63) is 151 Å². The number of imidazole rings is 1. The summed E-state index contributed by atoms with van der Waals surface area (Å²) in [6, 6.07) is 43.0. The zero-order valence-electron chi connectivity index (χ0n) is 42.8. The molecule has 0 N–H and O–H groups in total. The summed E-state index contributed by atoms with van der Waals surface area (Å²) in [4.78, 5) is 14.8. The van der Waals surface area contributed by atoms with Crippen LogP contribution in [0.15, 0.2) is 134 Å². The van der Waals surface area contributed by atoms with E-state index < -0.39 is 47.0 Å². The van der Waals surface area contributed by atoms with E-state index in [4.69, 9.17) is 47.4 Å². The Kier molecular flexibility index (Phi) is 16.1. The third-order valence-electron chi connectivity index (χ3n) is 13.7. The molecule has 8 rings (SSSR count). The molecule has 0 amide bonds. The molecular weight excluding hydrogens is 928 g/mol. The lowest BCUT2D eigenvalue weighted by atomic mass is 9.80. The topological polar surface area (TPSA) is 135 Å². The second-order valence-electron chi connectivity index (χ2n) is 19.9. The average Bonchev–Trinajstić information content (AvgIpc) is 3.94. The minimum Gasteiger partial charge on any atom is -0.497 e. The highest BCUT2D eigenvalue weighted by molar-refractivity contribution is 7.44. The van der Waals surface area contributed by atoms with Crippen molar-refractivity contribution in [2.75, 3.05) is 27.4 Å². The first kappa shape index (κ1) is 51.8. The molecule has 2 aromatic heterocycles. The van der Waals surface area contributed by atoms with E-state index in [-0.39, 0.29) is 36.8 Å². The zero-order chi connectivity index (χ0) is 50.5. The molecule has 1 aliphatic heterocycles. The Hall–Kier alpha value is -5.59.